The minimum atomic E-state index is 0.457. The first-order chi connectivity index (χ1) is 8.76. The second-order valence-corrected chi connectivity index (χ2v) is 5.73. The number of benzene rings is 1. The predicted molar refractivity (Wildman–Crippen MR) is 77.1 cm³/mol. The van der Waals surface area contributed by atoms with Crippen LogP contribution in [0.2, 0.25) is 0 Å². The molecular weight excluding hydrogens is 220 g/mol. The molecule has 0 fully saturated rings. The number of hydrazine groups is 1. The highest BCUT2D eigenvalue weighted by Crippen LogP contribution is 2.30. The average Bonchev–Trinajstić information content (AvgIpc) is 2.40. The van der Waals surface area contributed by atoms with Gasteiger partial charge in [0, 0.05) is 6.04 Å². The molecule has 2 nitrogen and oxygen atoms in total. The second kappa shape index (κ2) is 6.35. The van der Waals surface area contributed by atoms with Crippen LogP contribution in [-0.4, -0.2) is 6.04 Å². The predicted octanol–water partition coefficient (Wildman–Crippen LogP) is 3.06. The van der Waals surface area contributed by atoms with E-state index in [2.05, 4.69) is 43.5 Å². The molecule has 0 aromatic heterocycles. The van der Waals surface area contributed by atoms with E-state index in [1.54, 1.807) is 0 Å². The Morgan fingerprint density at radius 2 is 2.06 bits per heavy atom. The van der Waals surface area contributed by atoms with Crippen LogP contribution < -0.4 is 11.3 Å². The van der Waals surface area contributed by atoms with E-state index in [-0.39, 0.29) is 0 Å². The monoisotopic (exact) mass is 246 g/mol. The fourth-order valence-corrected chi connectivity index (χ4v) is 3.43. The number of hydrogen-bond donors (Lipinski definition) is 2. The van der Waals surface area contributed by atoms with E-state index in [4.69, 9.17) is 5.84 Å². The Bertz CT molecular complexity index is 375. The maximum atomic E-state index is 5.80. The summed E-state index contributed by atoms with van der Waals surface area (Å²) in [5.74, 6) is 7.15. The summed E-state index contributed by atoms with van der Waals surface area (Å²) in [7, 11) is 0. The third-order valence-corrected chi connectivity index (χ3v) is 4.44. The van der Waals surface area contributed by atoms with Gasteiger partial charge in [0.2, 0.25) is 0 Å². The molecular formula is C16H26N2. The van der Waals surface area contributed by atoms with Crippen molar-refractivity contribution in [3.05, 3.63) is 35.4 Å². The molecule has 1 aliphatic rings. The molecule has 18 heavy (non-hydrogen) atoms. The summed E-state index contributed by atoms with van der Waals surface area (Å²) in [4.78, 5) is 0. The van der Waals surface area contributed by atoms with Crippen molar-refractivity contribution < 1.29 is 0 Å². The summed E-state index contributed by atoms with van der Waals surface area (Å²) in [5, 5.41) is 0. The van der Waals surface area contributed by atoms with Crippen molar-refractivity contribution >= 4 is 0 Å². The molecule has 100 valence electrons. The number of hydrogen-bond acceptors (Lipinski definition) is 2. The molecule has 0 spiro atoms. The molecule has 1 aliphatic carbocycles. The van der Waals surface area contributed by atoms with Gasteiger partial charge in [-0.3, -0.25) is 11.3 Å². The van der Waals surface area contributed by atoms with Crippen LogP contribution in [0.15, 0.2) is 24.3 Å². The zero-order valence-corrected chi connectivity index (χ0v) is 11.7. The average molecular weight is 246 g/mol. The number of aryl methyl sites for hydroxylation is 1. The van der Waals surface area contributed by atoms with Crippen LogP contribution in [0, 0.1) is 11.8 Å². The quantitative estimate of drug-likeness (QED) is 0.619. The van der Waals surface area contributed by atoms with Gasteiger partial charge in [-0.15, -0.1) is 0 Å². The molecule has 0 saturated heterocycles. The zero-order chi connectivity index (χ0) is 13.0. The molecule has 0 radical (unpaired) electrons. The summed E-state index contributed by atoms with van der Waals surface area (Å²) in [5.41, 5.74) is 6.15. The molecule has 0 aliphatic heterocycles. The van der Waals surface area contributed by atoms with Crippen LogP contribution in [0.4, 0.5) is 0 Å². The lowest BCUT2D eigenvalue weighted by atomic mass is 9.76. The fraction of sp³-hybridized carbons (Fsp3) is 0.625. The summed E-state index contributed by atoms with van der Waals surface area (Å²) >= 11 is 0. The normalized spacial score (nSPS) is 22.3. The largest absolute Gasteiger partial charge is 0.271 e. The summed E-state index contributed by atoms with van der Waals surface area (Å²) < 4.78 is 0. The number of fused-ring (bicyclic) bond motifs is 1. The third-order valence-electron chi connectivity index (χ3n) is 4.44. The van der Waals surface area contributed by atoms with Crippen LogP contribution >= 0.6 is 0 Å². The molecule has 0 saturated carbocycles. The highest BCUT2D eigenvalue weighted by atomic mass is 15.2. The standard InChI is InChI=1S/C16H26N2/c1-3-6-12(2)16(18-17)15-10-9-13-7-4-5-8-14(13)11-15/h4-5,7-8,12,15-16,18H,3,6,9-11,17H2,1-2H3. The Labute approximate surface area is 111 Å². The lowest BCUT2D eigenvalue weighted by Gasteiger charge is -2.34. The fourth-order valence-electron chi connectivity index (χ4n) is 3.43. The van der Waals surface area contributed by atoms with Crippen molar-refractivity contribution in [2.75, 3.05) is 0 Å². The van der Waals surface area contributed by atoms with Gasteiger partial charge in [-0.1, -0.05) is 44.5 Å². The topological polar surface area (TPSA) is 38.0 Å². The van der Waals surface area contributed by atoms with E-state index >= 15 is 0 Å². The lowest BCUT2D eigenvalue weighted by Crippen LogP contribution is -2.47. The van der Waals surface area contributed by atoms with Crippen molar-refractivity contribution in [3.8, 4) is 0 Å². The first-order valence-electron chi connectivity index (χ1n) is 7.29. The molecule has 3 N–H and O–H groups in total. The van der Waals surface area contributed by atoms with Gasteiger partial charge in [0.15, 0.2) is 0 Å². The lowest BCUT2D eigenvalue weighted by molar-refractivity contribution is 0.239. The van der Waals surface area contributed by atoms with Crippen LogP contribution in [-0.2, 0) is 12.8 Å². The minimum absolute atomic E-state index is 0.457. The van der Waals surface area contributed by atoms with E-state index in [0.29, 0.717) is 17.9 Å². The molecule has 2 heteroatoms. The summed E-state index contributed by atoms with van der Waals surface area (Å²) in [6.45, 7) is 4.58. The van der Waals surface area contributed by atoms with Gasteiger partial charge in [-0.25, -0.2) is 0 Å². The van der Waals surface area contributed by atoms with E-state index in [9.17, 15) is 0 Å². The summed E-state index contributed by atoms with van der Waals surface area (Å²) in [6, 6.07) is 9.31. The van der Waals surface area contributed by atoms with E-state index < -0.39 is 0 Å². The van der Waals surface area contributed by atoms with E-state index in [1.807, 2.05) is 0 Å². The smallest absolute Gasteiger partial charge is 0.0267 e. The first kappa shape index (κ1) is 13.6. The Morgan fingerprint density at radius 3 is 2.72 bits per heavy atom. The Morgan fingerprint density at radius 1 is 1.33 bits per heavy atom. The molecule has 3 atom stereocenters. The van der Waals surface area contributed by atoms with Crippen molar-refractivity contribution in [2.24, 2.45) is 17.7 Å². The van der Waals surface area contributed by atoms with Gasteiger partial charge in [0.25, 0.3) is 0 Å². The van der Waals surface area contributed by atoms with Crippen LogP contribution in [0.1, 0.15) is 44.2 Å². The zero-order valence-electron chi connectivity index (χ0n) is 11.7. The third kappa shape index (κ3) is 2.93. The molecule has 1 aromatic rings. The molecule has 1 aromatic carbocycles. The van der Waals surface area contributed by atoms with Crippen molar-refractivity contribution in [3.63, 3.8) is 0 Å². The van der Waals surface area contributed by atoms with Gasteiger partial charge >= 0.3 is 0 Å². The van der Waals surface area contributed by atoms with Crippen LogP contribution in [0.5, 0.6) is 0 Å². The van der Waals surface area contributed by atoms with Gasteiger partial charge in [-0.05, 0) is 48.6 Å². The first-order valence-corrected chi connectivity index (χ1v) is 7.29. The Kier molecular flexibility index (Phi) is 4.79. The molecule has 0 bridgehead atoms. The van der Waals surface area contributed by atoms with Gasteiger partial charge in [-0.2, -0.15) is 0 Å². The van der Waals surface area contributed by atoms with E-state index in [1.165, 1.54) is 43.2 Å². The van der Waals surface area contributed by atoms with Crippen molar-refractivity contribution in [1.29, 1.82) is 0 Å². The SMILES string of the molecule is CCCC(C)C(NN)C1CCc2ccccc2C1. The van der Waals surface area contributed by atoms with Gasteiger partial charge in [0.1, 0.15) is 0 Å². The highest BCUT2D eigenvalue weighted by molar-refractivity contribution is 5.30. The molecule has 2 rings (SSSR count). The molecule has 0 heterocycles. The number of nitrogens with one attached hydrogen (secondary N) is 1. The number of rotatable bonds is 5. The summed E-state index contributed by atoms with van der Waals surface area (Å²) in [6.07, 6.45) is 6.15. The highest BCUT2D eigenvalue weighted by Gasteiger charge is 2.28. The van der Waals surface area contributed by atoms with Gasteiger partial charge < -0.3 is 0 Å². The van der Waals surface area contributed by atoms with Crippen LogP contribution in [0.3, 0.4) is 0 Å². The Balaban J connectivity index is 2.06. The number of nitrogens with two attached hydrogens (primary N) is 1. The molecule has 3 unspecified atom stereocenters. The van der Waals surface area contributed by atoms with E-state index in [0.717, 1.165) is 0 Å². The molecule has 0 amide bonds. The van der Waals surface area contributed by atoms with Crippen LogP contribution in [0.25, 0.3) is 0 Å². The second-order valence-electron chi connectivity index (χ2n) is 5.73. The maximum Gasteiger partial charge on any atom is 0.0267 e. The van der Waals surface area contributed by atoms with Gasteiger partial charge in [0.05, 0.1) is 0 Å². The Hall–Kier alpha value is -0.860. The van der Waals surface area contributed by atoms with Crippen molar-refractivity contribution in [2.45, 2.75) is 52.0 Å². The minimum Gasteiger partial charge on any atom is -0.271 e. The van der Waals surface area contributed by atoms with Crippen molar-refractivity contribution in [1.82, 2.24) is 5.43 Å². The maximum absolute atomic E-state index is 5.80.